The van der Waals surface area contributed by atoms with Gasteiger partial charge in [0.15, 0.2) is 12.0 Å². The lowest BCUT2D eigenvalue weighted by Crippen LogP contribution is -2.58. The molecule has 0 aliphatic heterocycles. The van der Waals surface area contributed by atoms with Crippen molar-refractivity contribution in [2.45, 2.75) is 84.2 Å². The molecule has 0 aliphatic rings. The predicted octanol–water partition coefficient (Wildman–Crippen LogP) is 0.559. The molecule has 0 fully saturated rings. The van der Waals surface area contributed by atoms with Gasteiger partial charge >= 0.3 is 0 Å². The van der Waals surface area contributed by atoms with Crippen molar-refractivity contribution in [3.8, 4) is 0 Å². The molecule has 4 atom stereocenters. The second-order valence-electron chi connectivity index (χ2n) is 7.86. The minimum absolute atomic E-state index is 0.153. The summed E-state index contributed by atoms with van der Waals surface area (Å²) < 4.78 is 5.73. The molecule has 9 heteroatoms. The Morgan fingerprint density at radius 3 is 2.21 bits per heavy atom. The van der Waals surface area contributed by atoms with Crippen LogP contribution in [0.1, 0.15) is 60.3 Å². The number of ether oxygens (including phenoxy) is 1. The average Bonchev–Trinajstić information content (AvgIpc) is 2.66. The minimum Gasteiger partial charge on any atom is -0.368 e. The minimum atomic E-state index is -1.68. The van der Waals surface area contributed by atoms with E-state index < -0.39 is 41.6 Å². The maximum Gasteiger partial charge on any atom is 0.252 e. The lowest BCUT2D eigenvalue weighted by atomic mass is 10.0. The first-order valence-electron chi connectivity index (χ1n) is 10.2. The molecule has 0 heterocycles. The molecule has 0 spiro atoms. The van der Waals surface area contributed by atoms with Crippen LogP contribution in [0.5, 0.6) is 0 Å². The lowest BCUT2D eigenvalue weighted by Gasteiger charge is -2.34. The van der Waals surface area contributed by atoms with Crippen LogP contribution >= 0.6 is 0 Å². The number of primary amides is 1. The predicted molar refractivity (Wildman–Crippen MR) is 111 cm³/mol. The molecule has 0 saturated carbocycles. The molecular weight excluding hydrogens is 376 g/mol. The van der Waals surface area contributed by atoms with Crippen LogP contribution in [-0.2, 0) is 23.9 Å². The molecule has 3 amide bonds. The third-order valence-corrected chi connectivity index (χ3v) is 4.71. The SMILES string of the molecule is CCCC(NC)C(=O)NC(C)(C=O)OC(CC)C(=O)N(C)C(CC(C)C)C(N)=O. The maximum atomic E-state index is 12.9. The van der Waals surface area contributed by atoms with Gasteiger partial charge in [-0.25, -0.2) is 0 Å². The molecule has 9 nitrogen and oxygen atoms in total. The molecule has 0 aromatic heterocycles. The van der Waals surface area contributed by atoms with Crippen molar-refractivity contribution in [1.82, 2.24) is 15.5 Å². The summed E-state index contributed by atoms with van der Waals surface area (Å²) in [4.78, 5) is 50.2. The second kappa shape index (κ2) is 12.5. The van der Waals surface area contributed by atoms with E-state index in [9.17, 15) is 19.2 Å². The van der Waals surface area contributed by atoms with E-state index >= 15 is 0 Å². The summed E-state index contributed by atoms with van der Waals surface area (Å²) in [6.45, 7) is 8.91. The van der Waals surface area contributed by atoms with E-state index in [1.165, 1.54) is 18.9 Å². The van der Waals surface area contributed by atoms with E-state index in [2.05, 4.69) is 10.6 Å². The number of hydrogen-bond donors (Lipinski definition) is 3. The molecule has 29 heavy (non-hydrogen) atoms. The number of nitrogens with two attached hydrogens (primary N) is 1. The number of nitrogens with zero attached hydrogens (tertiary/aromatic N) is 1. The Hall–Kier alpha value is -2.00. The van der Waals surface area contributed by atoms with Gasteiger partial charge in [-0.15, -0.1) is 0 Å². The molecule has 0 saturated heterocycles. The van der Waals surface area contributed by atoms with Gasteiger partial charge in [0.1, 0.15) is 12.1 Å². The van der Waals surface area contributed by atoms with Crippen molar-refractivity contribution in [3.05, 3.63) is 0 Å². The van der Waals surface area contributed by atoms with Gasteiger partial charge in [0, 0.05) is 7.05 Å². The van der Waals surface area contributed by atoms with Crippen LogP contribution in [0.25, 0.3) is 0 Å². The first-order valence-corrected chi connectivity index (χ1v) is 10.2. The fraction of sp³-hybridized carbons (Fsp3) is 0.800. The van der Waals surface area contributed by atoms with Crippen LogP contribution in [0, 0.1) is 5.92 Å². The molecule has 0 aliphatic carbocycles. The Labute approximate surface area is 174 Å². The number of carbonyl (C=O) groups excluding carboxylic acids is 4. The summed E-state index contributed by atoms with van der Waals surface area (Å²) in [6, 6.07) is -1.26. The summed E-state index contributed by atoms with van der Waals surface area (Å²) in [7, 11) is 3.15. The van der Waals surface area contributed by atoms with Gasteiger partial charge in [0.2, 0.25) is 11.8 Å². The van der Waals surface area contributed by atoms with Crippen LogP contribution in [0.4, 0.5) is 0 Å². The Kier molecular flexibility index (Phi) is 11.7. The van der Waals surface area contributed by atoms with Gasteiger partial charge in [0.05, 0.1) is 6.04 Å². The van der Waals surface area contributed by atoms with Crippen molar-refractivity contribution >= 4 is 24.0 Å². The van der Waals surface area contributed by atoms with Crippen LogP contribution in [0.2, 0.25) is 0 Å². The van der Waals surface area contributed by atoms with Crippen molar-refractivity contribution in [3.63, 3.8) is 0 Å². The van der Waals surface area contributed by atoms with E-state index in [-0.39, 0.29) is 12.3 Å². The Morgan fingerprint density at radius 1 is 1.24 bits per heavy atom. The zero-order chi connectivity index (χ0) is 22.8. The molecule has 168 valence electrons. The zero-order valence-corrected chi connectivity index (χ0v) is 18.8. The van der Waals surface area contributed by atoms with Crippen LogP contribution in [0.3, 0.4) is 0 Å². The third-order valence-electron chi connectivity index (χ3n) is 4.71. The standard InChI is InChI=1S/C20H38N4O5/c1-8-10-14(22-6)18(27)23-20(5,12-25)29-16(9-2)19(28)24(7)15(17(21)26)11-13(3)4/h12-16,22H,8-11H2,1-7H3,(H2,21,26)(H,23,27). The summed E-state index contributed by atoms with van der Waals surface area (Å²) >= 11 is 0. The Balaban J connectivity index is 5.41. The number of likely N-dealkylation sites (N-methyl/N-ethyl adjacent to an activating group) is 2. The molecule has 0 radical (unpaired) electrons. The van der Waals surface area contributed by atoms with E-state index in [1.807, 2.05) is 20.8 Å². The molecule has 0 rings (SSSR count). The summed E-state index contributed by atoms with van der Waals surface area (Å²) in [5.74, 6) is -1.32. The van der Waals surface area contributed by atoms with Gasteiger partial charge in [-0.1, -0.05) is 34.1 Å². The van der Waals surface area contributed by atoms with Gasteiger partial charge in [-0.05, 0) is 39.2 Å². The first-order chi connectivity index (χ1) is 13.5. The van der Waals surface area contributed by atoms with E-state index in [1.54, 1.807) is 14.0 Å². The lowest BCUT2D eigenvalue weighted by molar-refractivity contribution is -0.168. The topological polar surface area (TPSA) is 131 Å². The van der Waals surface area contributed by atoms with Gasteiger partial charge in [-0.3, -0.25) is 19.2 Å². The number of rotatable bonds is 14. The molecule has 0 bridgehead atoms. The van der Waals surface area contributed by atoms with Crippen molar-refractivity contribution in [2.75, 3.05) is 14.1 Å². The monoisotopic (exact) mass is 414 g/mol. The Morgan fingerprint density at radius 2 is 1.83 bits per heavy atom. The number of nitrogens with one attached hydrogen (secondary N) is 2. The average molecular weight is 415 g/mol. The molecule has 0 aromatic carbocycles. The van der Waals surface area contributed by atoms with Crippen molar-refractivity contribution in [2.24, 2.45) is 11.7 Å². The number of carbonyl (C=O) groups is 4. The van der Waals surface area contributed by atoms with E-state index in [4.69, 9.17) is 10.5 Å². The fourth-order valence-electron chi connectivity index (χ4n) is 3.01. The van der Waals surface area contributed by atoms with Crippen LogP contribution in [0.15, 0.2) is 0 Å². The molecular formula is C20H38N4O5. The highest BCUT2D eigenvalue weighted by molar-refractivity contribution is 5.89. The zero-order valence-electron chi connectivity index (χ0n) is 18.8. The van der Waals surface area contributed by atoms with Gasteiger partial charge < -0.3 is 26.0 Å². The number of amides is 3. The van der Waals surface area contributed by atoms with Crippen LogP contribution < -0.4 is 16.4 Å². The summed E-state index contributed by atoms with van der Waals surface area (Å²) in [6.07, 6.45) is 1.47. The first kappa shape index (κ1) is 27.0. The van der Waals surface area contributed by atoms with Gasteiger partial charge in [-0.2, -0.15) is 0 Å². The van der Waals surface area contributed by atoms with Crippen molar-refractivity contribution in [1.29, 1.82) is 0 Å². The fourth-order valence-corrected chi connectivity index (χ4v) is 3.01. The highest BCUT2D eigenvalue weighted by Gasteiger charge is 2.37. The van der Waals surface area contributed by atoms with E-state index in [0.717, 1.165) is 6.42 Å². The number of hydrogen-bond acceptors (Lipinski definition) is 6. The highest BCUT2D eigenvalue weighted by atomic mass is 16.5. The molecule has 0 aromatic rings. The second-order valence-corrected chi connectivity index (χ2v) is 7.86. The van der Waals surface area contributed by atoms with Crippen molar-refractivity contribution < 1.29 is 23.9 Å². The molecule has 4 N–H and O–H groups in total. The maximum absolute atomic E-state index is 12.9. The smallest absolute Gasteiger partial charge is 0.252 e. The molecule has 4 unspecified atom stereocenters. The van der Waals surface area contributed by atoms with Crippen LogP contribution in [-0.4, -0.2) is 66.9 Å². The normalized spacial score (nSPS) is 16.4. The van der Waals surface area contributed by atoms with Gasteiger partial charge in [0.25, 0.3) is 5.91 Å². The quantitative estimate of drug-likeness (QED) is 0.281. The highest BCUT2D eigenvalue weighted by Crippen LogP contribution is 2.17. The Bertz CT molecular complexity index is 569. The third kappa shape index (κ3) is 8.49. The summed E-state index contributed by atoms with van der Waals surface area (Å²) in [5, 5.41) is 5.46. The van der Waals surface area contributed by atoms with E-state index in [0.29, 0.717) is 19.1 Å². The largest absolute Gasteiger partial charge is 0.368 e. The number of aldehydes is 1. The summed E-state index contributed by atoms with van der Waals surface area (Å²) in [5.41, 5.74) is 3.78.